The highest BCUT2D eigenvalue weighted by atomic mass is 19.2. The van der Waals surface area contributed by atoms with Crippen LogP contribution in [0.3, 0.4) is 0 Å². The summed E-state index contributed by atoms with van der Waals surface area (Å²) in [6.07, 6.45) is 4.94. The van der Waals surface area contributed by atoms with E-state index in [1.165, 1.54) is 30.5 Å². The zero-order chi connectivity index (χ0) is 25.1. The molecular weight excluding hydrogens is 474 g/mol. The lowest BCUT2D eigenvalue weighted by Crippen LogP contribution is -2.12. The van der Waals surface area contributed by atoms with Crippen LogP contribution in [0.25, 0.3) is 38.8 Å². The molecule has 36 heavy (non-hydrogen) atoms. The van der Waals surface area contributed by atoms with Crippen LogP contribution in [0.1, 0.15) is 29.0 Å². The van der Waals surface area contributed by atoms with Crippen molar-refractivity contribution in [3.05, 3.63) is 83.6 Å². The number of nitrogens with zero attached hydrogens (tertiary/aromatic N) is 4. The minimum Gasteiger partial charge on any atom is -0.366 e. The van der Waals surface area contributed by atoms with Crippen LogP contribution in [0.5, 0.6) is 0 Å². The van der Waals surface area contributed by atoms with Crippen LogP contribution in [0.4, 0.5) is 17.6 Å². The van der Waals surface area contributed by atoms with E-state index in [2.05, 4.69) is 15.0 Å². The molecule has 6 nitrogen and oxygen atoms in total. The fraction of sp³-hybridized carbons (Fsp3) is 0.154. The minimum absolute atomic E-state index is 0.0140. The third kappa shape index (κ3) is 3.48. The van der Waals surface area contributed by atoms with Gasteiger partial charge in [0, 0.05) is 24.4 Å². The van der Waals surface area contributed by atoms with Gasteiger partial charge >= 0.3 is 0 Å². The van der Waals surface area contributed by atoms with E-state index in [1.54, 1.807) is 4.57 Å². The van der Waals surface area contributed by atoms with Crippen LogP contribution < -0.4 is 5.73 Å². The number of nitrogens with two attached hydrogens (primary N) is 1. The molecule has 0 unspecified atom stereocenters. The van der Waals surface area contributed by atoms with E-state index in [-0.39, 0.29) is 38.8 Å². The Morgan fingerprint density at radius 3 is 2.47 bits per heavy atom. The lowest BCUT2D eigenvalue weighted by atomic mass is 10.0. The molecule has 180 valence electrons. The molecule has 1 fully saturated rings. The van der Waals surface area contributed by atoms with E-state index in [9.17, 15) is 18.0 Å². The van der Waals surface area contributed by atoms with Gasteiger partial charge in [-0.25, -0.2) is 23.1 Å². The quantitative estimate of drug-likeness (QED) is 0.269. The topological polar surface area (TPSA) is 86.7 Å². The molecule has 3 heterocycles. The molecule has 1 amide bonds. The summed E-state index contributed by atoms with van der Waals surface area (Å²) in [4.78, 5) is 24.4. The highest BCUT2D eigenvalue weighted by molar-refractivity contribution is 6.07. The fourth-order valence-corrected chi connectivity index (χ4v) is 4.56. The summed E-state index contributed by atoms with van der Waals surface area (Å²) in [5, 5.41) is -0.0685. The SMILES string of the molecule is NC(=O)c1cc(-c2ccnc(F)c2F)cc2c1nc(CC1CC1)n2-c1ccnc2c(F)ccc(F)c12. The molecule has 10 heteroatoms. The number of aromatic nitrogens is 4. The van der Waals surface area contributed by atoms with Crippen LogP contribution in [-0.4, -0.2) is 25.4 Å². The van der Waals surface area contributed by atoms with E-state index in [4.69, 9.17) is 5.73 Å². The number of halogens is 4. The van der Waals surface area contributed by atoms with Crippen molar-refractivity contribution in [1.82, 2.24) is 19.5 Å². The molecule has 1 saturated carbocycles. The molecule has 0 spiro atoms. The van der Waals surface area contributed by atoms with Gasteiger partial charge < -0.3 is 5.73 Å². The van der Waals surface area contributed by atoms with Crippen LogP contribution in [0, 0.1) is 29.3 Å². The first-order valence-corrected chi connectivity index (χ1v) is 11.2. The van der Waals surface area contributed by atoms with Crippen molar-refractivity contribution in [3.8, 4) is 16.8 Å². The third-order valence-electron chi connectivity index (χ3n) is 6.43. The van der Waals surface area contributed by atoms with Gasteiger partial charge in [0.2, 0.25) is 5.95 Å². The normalized spacial score (nSPS) is 13.6. The predicted octanol–water partition coefficient (Wildman–Crippen LogP) is 5.24. The zero-order valence-electron chi connectivity index (χ0n) is 18.6. The van der Waals surface area contributed by atoms with Gasteiger partial charge in [-0.1, -0.05) is 0 Å². The Balaban J connectivity index is 1.74. The Morgan fingerprint density at radius 2 is 1.72 bits per heavy atom. The maximum Gasteiger partial charge on any atom is 0.250 e. The summed E-state index contributed by atoms with van der Waals surface area (Å²) < 4.78 is 59.8. The maximum absolute atomic E-state index is 15.1. The van der Waals surface area contributed by atoms with Gasteiger partial charge in [0.15, 0.2) is 5.82 Å². The van der Waals surface area contributed by atoms with Crippen LogP contribution in [0.15, 0.2) is 48.8 Å². The molecule has 2 aromatic carbocycles. The van der Waals surface area contributed by atoms with E-state index < -0.39 is 29.3 Å². The van der Waals surface area contributed by atoms with Crippen molar-refractivity contribution < 1.29 is 22.4 Å². The largest absolute Gasteiger partial charge is 0.366 e. The number of imidazole rings is 1. The van der Waals surface area contributed by atoms with Crippen LogP contribution in [-0.2, 0) is 6.42 Å². The summed E-state index contributed by atoms with van der Waals surface area (Å²) in [7, 11) is 0. The number of rotatable bonds is 5. The first-order chi connectivity index (χ1) is 17.3. The molecule has 0 aliphatic heterocycles. The number of pyridine rings is 2. The highest BCUT2D eigenvalue weighted by Gasteiger charge is 2.28. The Hall–Kier alpha value is -4.34. The predicted molar refractivity (Wildman–Crippen MR) is 124 cm³/mol. The average Bonchev–Trinajstić information content (AvgIpc) is 3.60. The van der Waals surface area contributed by atoms with Gasteiger partial charge in [-0.05, 0) is 60.7 Å². The van der Waals surface area contributed by atoms with Gasteiger partial charge in [-0.2, -0.15) is 4.39 Å². The van der Waals surface area contributed by atoms with Crippen molar-refractivity contribution in [1.29, 1.82) is 0 Å². The van der Waals surface area contributed by atoms with E-state index >= 15 is 4.39 Å². The molecule has 3 aromatic heterocycles. The van der Waals surface area contributed by atoms with Gasteiger partial charge in [-0.3, -0.25) is 14.3 Å². The smallest absolute Gasteiger partial charge is 0.250 e. The van der Waals surface area contributed by atoms with Crippen molar-refractivity contribution in [3.63, 3.8) is 0 Å². The second-order valence-electron chi connectivity index (χ2n) is 8.81. The average molecular weight is 491 g/mol. The second kappa shape index (κ2) is 8.11. The number of hydrogen-bond donors (Lipinski definition) is 1. The first kappa shape index (κ1) is 22.1. The standard InChI is InChI=1S/C26H17F4N5O/c27-16-3-4-17(28)24-21(16)18(6-8-32-24)35-19-11-13(14-5-7-33-25(30)22(14)29)10-15(26(31)36)23(19)34-20(35)9-12-1-2-12/h3-8,10-12H,1-2,9H2,(H2,31,36). The number of carbonyl (C=O) groups excluding carboxylic acids is 1. The number of carbonyl (C=O) groups is 1. The van der Waals surface area contributed by atoms with Crippen molar-refractivity contribution in [2.24, 2.45) is 11.7 Å². The number of hydrogen-bond acceptors (Lipinski definition) is 4. The number of primary amides is 1. The van der Waals surface area contributed by atoms with Crippen molar-refractivity contribution >= 4 is 27.8 Å². The van der Waals surface area contributed by atoms with Gasteiger partial charge in [0.1, 0.15) is 28.5 Å². The van der Waals surface area contributed by atoms with Gasteiger partial charge in [0.05, 0.1) is 22.2 Å². The van der Waals surface area contributed by atoms with Crippen LogP contribution in [0.2, 0.25) is 0 Å². The molecule has 0 saturated heterocycles. The molecule has 1 aliphatic carbocycles. The molecule has 0 bridgehead atoms. The number of benzene rings is 2. The summed E-state index contributed by atoms with van der Waals surface area (Å²) >= 11 is 0. The minimum atomic E-state index is -1.30. The summed E-state index contributed by atoms with van der Waals surface area (Å²) in [5.41, 5.74) is 6.27. The summed E-state index contributed by atoms with van der Waals surface area (Å²) in [5.74, 6) is -3.86. The van der Waals surface area contributed by atoms with Gasteiger partial charge in [0.25, 0.3) is 5.91 Å². The number of amides is 1. The van der Waals surface area contributed by atoms with Crippen molar-refractivity contribution in [2.75, 3.05) is 0 Å². The van der Waals surface area contributed by atoms with E-state index in [0.29, 0.717) is 23.7 Å². The molecule has 0 atom stereocenters. The Labute approximate surface area is 201 Å². The maximum atomic E-state index is 15.1. The molecule has 1 aliphatic rings. The molecule has 5 aromatic rings. The lowest BCUT2D eigenvalue weighted by Gasteiger charge is -2.14. The van der Waals surface area contributed by atoms with Crippen LogP contribution >= 0.6 is 0 Å². The summed E-state index contributed by atoms with van der Waals surface area (Å²) in [6, 6.07) is 7.66. The lowest BCUT2D eigenvalue weighted by molar-refractivity contribution is 0.100. The van der Waals surface area contributed by atoms with E-state index in [0.717, 1.165) is 31.2 Å². The molecule has 6 rings (SSSR count). The summed E-state index contributed by atoms with van der Waals surface area (Å²) in [6.45, 7) is 0. The molecule has 2 N–H and O–H groups in total. The second-order valence-corrected chi connectivity index (χ2v) is 8.81. The van der Waals surface area contributed by atoms with Gasteiger partial charge in [-0.15, -0.1) is 0 Å². The fourth-order valence-electron chi connectivity index (χ4n) is 4.56. The Morgan fingerprint density at radius 1 is 0.972 bits per heavy atom. The molecule has 0 radical (unpaired) electrons. The molecular formula is C26H17F4N5O. The Kier molecular flexibility index (Phi) is 4.99. The van der Waals surface area contributed by atoms with E-state index in [1.807, 2.05) is 0 Å². The monoisotopic (exact) mass is 491 g/mol. The van der Waals surface area contributed by atoms with Crippen molar-refractivity contribution in [2.45, 2.75) is 19.3 Å². The Bertz CT molecular complexity index is 1710. The zero-order valence-corrected chi connectivity index (χ0v) is 18.6. The number of fused-ring (bicyclic) bond motifs is 2. The first-order valence-electron chi connectivity index (χ1n) is 11.2. The highest BCUT2D eigenvalue weighted by Crippen LogP contribution is 2.38. The third-order valence-corrected chi connectivity index (χ3v) is 6.43.